The highest BCUT2D eigenvalue weighted by Gasteiger charge is 2.41. The van der Waals surface area contributed by atoms with Crippen LogP contribution in [0.3, 0.4) is 0 Å². The third-order valence-corrected chi connectivity index (χ3v) is 5.13. The molecule has 0 radical (unpaired) electrons. The Hall–Kier alpha value is -2.61. The van der Waals surface area contributed by atoms with Crippen LogP contribution in [0.4, 0.5) is 0 Å². The van der Waals surface area contributed by atoms with Crippen molar-refractivity contribution in [1.29, 1.82) is 0 Å². The fourth-order valence-corrected chi connectivity index (χ4v) is 3.30. The first-order valence-electron chi connectivity index (χ1n) is 8.94. The average molecular weight is 433 g/mol. The molecular formula is C20H18Cl2N4O3. The Morgan fingerprint density at radius 1 is 1.10 bits per heavy atom. The lowest BCUT2D eigenvalue weighted by atomic mass is 9.92. The Morgan fingerprint density at radius 3 is 2.45 bits per heavy atom. The van der Waals surface area contributed by atoms with Crippen molar-refractivity contribution >= 4 is 28.9 Å². The number of benzene rings is 2. The fourth-order valence-electron chi connectivity index (χ4n) is 3.04. The van der Waals surface area contributed by atoms with Gasteiger partial charge in [0.05, 0.1) is 12.3 Å². The van der Waals surface area contributed by atoms with Gasteiger partial charge in [0.15, 0.2) is 11.7 Å². The van der Waals surface area contributed by atoms with E-state index in [0.29, 0.717) is 27.9 Å². The van der Waals surface area contributed by atoms with E-state index in [-0.39, 0.29) is 19.3 Å². The van der Waals surface area contributed by atoms with Crippen LogP contribution in [0.1, 0.15) is 18.1 Å². The zero-order valence-electron chi connectivity index (χ0n) is 15.3. The summed E-state index contributed by atoms with van der Waals surface area (Å²) < 4.78 is 7.35. The summed E-state index contributed by atoms with van der Waals surface area (Å²) in [5, 5.41) is 20.9. The van der Waals surface area contributed by atoms with Gasteiger partial charge < -0.3 is 14.7 Å². The van der Waals surface area contributed by atoms with Crippen molar-refractivity contribution in [2.75, 3.05) is 6.61 Å². The molecule has 0 bridgehead atoms. The van der Waals surface area contributed by atoms with Crippen molar-refractivity contribution in [2.45, 2.75) is 24.7 Å². The number of halogens is 2. The van der Waals surface area contributed by atoms with E-state index in [9.17, 15) is 5.11 Å². The van der Waals surface area contributed by atoms with Crippen LogP contribution in [0.25, 0.3) is 0 Å². The van der Waals surface area contributed by atoms with Gasteiger partial charge in [-0.2, -0.15) is 5.10 Å². The lowest BCUT2D eigenvalue weighted by molar-refractivity contribution is 0.0354. The normalized spacial score (nSPS) is 18.0. The van der Waals surface area contributed by atoms with E-state index in [1.54, 1.807) is 36.4 Å². The molecule has 0 fully saturated rings. The molecule has 0 saturated carbocycles. The zero-order chi connectivity index (χ0) is 20.3. The first kappa shape index (κ1) is 19.7. The van der Waals surface area contributed by atoms with E-state index in [1.807, 2.05) is 12.1 Å². The Morgan fingerprint density at radius 2 is 1.79 bits per heavy atom. The monoisotopic (exact) mass is 432 g/mol. The number of aliphatic hydroxyl groups is 1. The Kier molecular flexibility index (Phi) is 5.71. The van der Waals surface area contributed by atoms with E-state index in [4.69, 9.17) is 32.8 Å². The second kappa shape index (κ2) is 8.41. The molecule has 9 heteroatoms. The minimum absolute atomic E-state index is 0.0377. The Balaban J connectivity index is 1.51. The molecule has 1 aromatic heterocycles. The molecule has 4 rings (SSSR count). The highest BCUT2D eigenvalue weighted by atomic mass is 35.5. The van der Waals surface area contributed by atoms with Gasteiger partial charge in [-0.05, 0) is 42.0 Å². The van der Waals surface area contributed by atoms with Crippen molar-refractivity contribution in [3.05, 3.63) is 76.8 Å². The van der Waals surface area contributed by atoms with Crippen molar-refractivity contribution in [1.82, 2.24) is 14.8 Å². The van der Waals surface area contributed by atoms with Crippen LogP contribution < -0.4 is 4.74 Å². The molecule has 7 nitrogen and oxygen atoms in total. The molecule has 29 heavy (non-hydrogen) atoms. The van der Waals surface area contributed by atoms with Gasteiger partial charge in [-0.3, -0.25) is 0 Å². The summed E-state index contributed by atoms with van der Waals surface area (Å²) in [6.45, 7) is 0.0835. The summed E-state index contributed by atoms with van der Waals surface area (Å²) in [5.74, 6) is 0.584. The molecule has 0 spiro atoms. The summed E-state index contributed by atoms with van der Waals surface area (Å²) in [5.41, 5.74) is -0.0362. The van der Waals surface area contributed by atoms with Crippen LogP contribution in [-0.2, 0) is 11.4 Å². The van der Waals surface area contributed by atoms with Crippen LogP contribution in [0.2, 0.25) is 10.0 Å². The van der Waals surface area contributed by atoms with Gasteiger partial charge in [0.2, 0.25) is 0 Å². The molecule has 1 N–H and O–H groups in total. The van der Waals surface area contributed by atoms with Gasteiger partial charge in [0.25, 0.3) is 0 Å². The fraction of sp³-hybridized carbons (Fsp3) is 0.250. The van der Waals surface area contributed by atoms with E-state index in [2.05, 4.69) is 15.2 Å². The second-order valence-corrected chi connectivity index (χ2v) is 7.63. The van der Waals surface area contributed by atoms with Gasteiger partial charge in [0.1, 0.15) is 25.0 Å². The largest absolute Gasteiger partial charge is 0.490 e. The van der Waals surface area contributed by atoms with E-state index < -0.39 is 5.60 Å². The molecule has 150 valence electrons. The first-order chi connectivity index (χ1) is 14.0. The van der Waals surface area contributed by atoms with Gasteiger partial charge in [0, 0.05) is 16.5 Å². The molecule has 0 amide bonds. The molecule has 3 aromatic rings. The number of oxime groups is 1. The van der Waals surface area contributed by atoms with Crippen LogP contribution >= 0.6 is 23.2 Å². The topological polar surface area (TPSA) is 81.8 Å². The van der Waals surface area contributed by atoms with Crippen LogP contribution in [-0.4, -0.2) is 37.8 Å². The zero-order valence-corrected chi connectivity index (χ0v) is 16.8. The predicted octanol–water partition coefficient (Wildman–Crippen LogP) is 3.91. The van der Waals surface area contributed by atoms with Crippen LogP contribution in [0.15, 0.2) is 66.3 Å². The third kappa shape index (κ3) is 4.70. The maximum absolute atomic E-state index is 11.4. The van der Waals surface area contributed by atoms with Gasteiger partial charge >= 0.3 is 0 Å². The average Bonchev–Trinajstić information content (AvgIpc) is 3.41. The number of aromatic nitrogens is 3. The third-order valence-electron chi connectivity index (χ3n) is 4.63. The maximum atomic E-state index is 11.4. The Bertz CT molecular complexity index is 978. The standard InChI is InChI=1S/C20H18Cl2N4O3/c21-15-3-1-14(2-4-15)18-9-19(25-29-18)20(27,10-26-13-23-12-24-26)11-28-17-7-5-16(22)6-8-17/h1-8,12-13,18,27H,9-11H2. The number of ether oxygens (including phenoxy) is 1. The smallest absolute Gasteiger partial charge is 0.159 e. The Labute approximate surface area is 177 Å². The molecule has 2 aromatic carbocycles. The summed E-state index contributed by atoms with van der Waals surface area (Å²) in [7, 11) is 0. The van der Waals surface area contributed by atoms with E-state index >= 15 is 0 Å². The van der Waals surface area contributed by atoms with E-state index in [1.165, 1.54) is 17.3 Å². The summed E-state index contributed by atoms with van der Waals surface area (Å²) >= 11 is 11.9. The summed E-state index contributed by atoms with van der Waals surface area (Å²) in [6.07, 6.45) is 3.04. The molecule has 2 atom stereocenters. The highest BCUT2D eigenvalue weighted by Crippen LogP contribution is 2.32. The second-order valence-electron chi connectivity index (χ2n) is 6.75. The first-order valence-corrected chi connectivity index (χ1v) is 9.69. The lowest BCUT2D eigenvalue weighted by Crippen LogP contribution is -2.47. The van der Waals surface area contributed by atoms with Crippen LogP contribution in [0, 0.1) is 0 Å². The molecule has 1 aliphatic heterocycles. The maximum Gasteiger partial charge on any atom is 0.159 e. The van der Waals surface area contributed by atoms with Crippen LogP contribution in [0.5, 0.6) is 5.75 Å². The quantitative estimate of drug-likeness (QED) is 0.611. The summed E-state index contributed by atoms with van der Waals surface area (Å²) in [6, 6.07) is 14.3. The lowest BCUT2D eigenvalue weighted by Gasteiger charge is -2.27. The van der Waals surface area contributed by atoms with Crippen molar-refractivity contribution in [3.63, 3.8) is 0 Å². The molecular weight excluding hydrogens is 415 g/mol. The van der Waals surface area contributed by atoms with Gasteiger partial charge in [-0.25, -0.2) is 9.67 Å². The minimum atomic E-state index is -1.44. The van der Waals surface area contributed by atoms with Crippen molar-refractivity contribution < 1.29 is 14.7 Å². The SMILES string of the molecule is OC(COc1ccc(Cl)cc1)(Cn1cncn1)C1=NOC(c2ccc(Cl)cc2)C1. The minimum Gasteiger partial charge on any atom is -0.490 e. The van der Waals surface area contributed by atoms with E-state index in [0.717, 1.165) is 5.56 Å². The van der Waals surface area contributed by atoms with Gasteiger partial charge in [-0.1, -0.05) is 40.5 Å². The number of hydrogen-bond donors (Lipinski definition) is 1. The highest BCUT2D eigenvalue weighted by molar-refractivity contribution is 6.30. The molecule has 1 aliphatic rings. The molecule has 2 heterocycles. The number of hydrogen-bond acceptors (Lipinski definition) is 6. The van der Waals surface area contributed by atoms with Gasteiger partial charge in [-0.15, -0.1) is 0 Å². The number of rotatable bonds is 7. The van der Waals surface area contributed by atoms with Crippen molar-refractivity contribution in [2.24, 2.45) is 5.16 Å². The molecule has 2 unspecified atom stereocenters. The predicted molar refractivity (Wildman–Crippen MR) is 109 cm³/mol. The van der Waals surface area contributed by atoms with Crippen molar-refractivity contribution in [3.8, 4) is 5.75 Å². The molecule has 0 saturated heterocycles. The molecule has 0 aliphatic carbocycles. The number of nitrogens with zero attached hydrogens (tertiary/aromatic N) is 4. The summed E-state index contributed by atoms with van der Waals surface area (Å²) in [4.78, 5) is 9.52.